The maximum atomic E-state index is 12.0. The molecule has 1 aromatic rings. The summed E-state index contributed by atoms with van der Waals surface area (Å²) in [5, 5.41) is 6.28. The largest absolute Gasteiger partial charge is 0.373 e. The normalized spacial score (nSPS) is 18.1. The maximum Gasteiger partial charge on any atom is 0.242 e. The van der Waals surface area contributed by atoms with Crippen molar-refractivity contribution in [2.75, 3.05) is 32.5 Å². The molecule has 0 aromatic heterocycles. The number of benzene rings is 1. The van der Waals surface area contributed by atoms with Gasteiger partial charge in [-0.1, -0.05) is 18.2 Å². The Balaban J connectivity index is 1.87. The van der Waals surface area contributed by atoms with E-state index in [-0.39, 0.29) is 11.9 Å². The van der Waals surface area contributed by atoms with E-state index in [0.717, 1.165) is 25.1 Å². The molecule has 2 rings (SSSR count). The first-order valence-corrected chi connectivity index (χ1v) is 6.43. The van der Waals surface area contributed by atoms with Gasteiger partial charge < -0.3 is 15.5 Å². The average Bonchev–Trinajstić information content (AvgIpc) is 2.37. The summed E-state index contributed by atoms with van der Waals surface area (Å²) in [4.78, 5) is 14.1. The first kappa shape index (κ1) is 12.9. The maximum absolute atomic E-state index is 12.0. The molecule has 1 aliphatic heterocycles. The van der Waals surface area contributed by atoms with Crippen molar-refractivity contribution < 1.29 is 4.79 Å². The third-order valence-electron chi connectivity index (χ3n) is 3.22. The summed E-state index contributed by atoms with van der Waals surface area (Å²) in [5.41, 5.74) is 2.39. The molecule has 0 bridgehead atoms. The lowest BCUT2D eigenvalue weighted by Crippen LogP contribution is -2.43. The number of likely N-dealkylation sites (N-methyl/N-ethyl adjacent to an activating group) is 1. The van der Waals surface area contributed by atoms with Crippen LogP contribution in [-0.2, 0) is 11.2 Å². The molecule has 18 heavy (non-hydrogen) atoms. The molecule has 0 saturated heterocycles. The summed E-state index contributed by atoms with van der Waals surface area (Å²) in [6.07, 6.45) is 1.83. The number of amides is 1. The second-order valence-corrected chi connectivity index (χ2v) is 4.99. The highest BCUT2D eigenvalue weighted by atomic mass is 16.2. The fourth-order valence-corrected chi connectivity index (χ4v) is 2.16. The molecule has 1 heterocycles. The first-order chi connectivity index (χ1) is 8.66. The number of hydrogen-bond acceptors (Lipinski definition) is 3. The predicted octanol–water partition coefficient (Wildman–Crippen LogP) is 1.09. The van der Waals surface area contributed by atoms with Crippen molar-refractivity contribution in [3.8, 4) is 0 Å². The van der Waals surface area contributed by atoms with Gasteiger partial charge in [-0.05, 0) is 38.6 Å². The van der Waals surface area contributed by atoms with Crippen LogP contribution in [0, 0.1) is 0 Å². The molecule has 0 radical (unpaired) electrons. The van der Waals surface area contributed by atoms with Gasteiger partial charge in [0, 0.05) is 18.8 Å². The zero-order valence-corrected chi connectivity index (χ0v) is 11.1. The van der Waals surface area contributed by atoms with E-state index in [4.69, 9.17) is 0 Å². The molecule has 98 valence electrons. The molecule has 0 spiro atoms. The molecule has 1 amide bonds. The Bertz CT molecular complexity index is 417. The minimum Gasteiger partial charge on any atom is -0.373 e. The molecule has 1 unspecified atom stereocenters. The number of fused-ring (bicyclic) bond motifs is 1. The van der Waals surface area contributed by atoms with Crippen LogP contribution < -0.4 is 10.6 Å². The number of para-hydroxylation sites is 1. The molecular weight excluding hydrogens is 226 g/mol. The van der Waals surface area contributed by atoms with Crippen molar-refractivity contribution in [2.24, 2.45) is 0 Å². The molecule has 4 heteroatoms. The highest BCUT2D eigenvalue weighted by Crippen LogP contribution is 2.24. The summed E-state index contributed by atoms with van der Waals surface area (Å²) < 4.78 is 0. The highest BCUT2D eigenvalue weighted by molar-refractivity contribution is 5.85. The molecular formula is C14H21N3O. The molecule has 2 N–H and O–H groups in total. The van der Waals surface area contributed by atoms with Crippen molar-refractivity contribution in [1.29, 1.82) is 0 Å². The lowest BCUT2D eigenvalue weighted by Gasteiger charge is -2.26. The zero-order valence-electron chi connectivity index (χ0n) is 11.1. The smallest absolute Gasteiger partial charge is 0.242 e. The van der Waals surface area contributed by atoms with Gasteiger partial charge in [0.2, 0.25) is 5.91 Å². The van der Waals surface area contributed by atoms with Crippen LogP contribution in [0.1, 0.15) is 12.0 Å². The number of nitrogens with zero attached hydrogens (tertiary/aromatic N) is 1. The number of aryl methyl sites for hydroxylation is 1. The highest BCUT2D eigenvalue weighted by Gasteiger charge is 2.22. The van der Waals surface area contributed by atoms with Crippen molar-refractivity contribution in [1.82, 2.24) is 10.2 Å². The van der Waals surface area contributed by atoms with Gasteiger partial charge in [-0.2, -0.15) is 0 Å². The van der Waals surface area contributed by atoms with E-state index in [9.17, 15) is 4.79 Å². The zero-order chi connectivity index (χ0) is 13.0. The van der Waals surface area contributed by atoms with Crippen LogP contribution in [0.25, 0.3) is 0 Å². The van der Waals surface area contributed by atoms with Crippen LogP contribution in [0.2, 0.25) is 0 Å². The monoisotopic (exact) mass is 247 g/mol. The minimum absolute atomic E-state index is 0.0953. The summed E-state index contributed by atoms with van der Waals surface area (Å²) in [6, 6.07) is 8.09. The minimum atomic E-state index is -0.0953. The summed E-state index contributed by atoms with van der Waals surface area (Å²) >= 11 is 0. The lowest BCUT2D eigenvalue weighted by molar-refractivity contribution is -0.122. The standard InChI is InChI=1S/C14H21N3O/c1-17(2)10-9-15-14(18)13-8-7-11-5-3-4-6-12(11)16-13/h3-6,13,16H,7-10H2,1-2H3,(H,15,18). The van der Waals surface area contributed by atoms with Gasteiger partial charge in [0.25, 0.3) is 0 Å². The van der Waals surface area contributed by atoms with Crippen LogP contribution in [0.3, 0.4) is 0 Å². The van der Waals surface area contributed by atoms with Crippen molar-refractivity contribution >= 4 is 11.6 Å². The number of carbonyl (C=O) groups is 1. The molecule has 0 aliphatic carbocycles. The van der Waals surface area contributed by atoms with E-state index >= 15 is 0 Å². The van der Waals surface area contributed by atoms with Crippen LogP contribution in [-0.4, -0.2) is 44.0 Å². The van der Waals surface area contributed by atoms with Gasteiger partial charge >= 0.3 is 0 Å². The third kappa shape index (κ3) is 3.23. The van der Waals surface area contributed by atoms with Gasteiger partial charge in [-0.3, -0.25) is 4.79 Å². The summed E-state index contributed by atoms with van der Waals surface area (Å²) in [7, 11) is 4.00. The van der Waals surface area contributed by atoms with Crippen LogP contribution >= 0.6 is 0 Å². The van der Waals surface area contributed by atoms with E-state index in [1.54, 1.807) is 0 Å². The molecule has 0 fully saturated rings. The Hall–Kier alpha value is -1.55. The second kappa shape index (κ2) is 5.87. The quantitative estimate of drug-likeness (QED) is 0.837. The predicted molar refractivity (Wildman–Crippen MR) is 73.7 cm³/mol. The van der Waals surface area contributed by atoms with Gasteiger partial charge in [0.1, 0.15) is 6.04 Å². The number of anilines is 1. The van der Waals surface area contributed by atoms with Gasteiger partial charge in [-0.15, -0.1) is 0 Å². The Morgan fingerprint density at radius 2 is 2.22 bits per heavy atom. The number of nitrogens with one attached hydrogen (secondary N) is 2. The third-order valence-corrected chi connectivity index (χ3v) is 3.22. The summed E-state index contributed by atoms with van der Waals surface area (Å²) in [5.74, 6) is 0.103. The van der Waals surface area contributed by atoms with Crippen LogP contribution in [0.5, 0.6) is 0 Å². The Morgan fingerprint density at radius 3 is 3.00 bits per heavy atom. The second-order valence-electron chi connectivity index (χ2n) is 4.99. The molecule has 1 aliphatic rings. The molecule has 1 atom stereocenters. The lowest BCUT2D eigenvalue weighted by atomic mass is 9.98. The first-order valence-electron chi connectivity index (χ1n) is 6.43. The number of rotatable bonds is 4. The topological polar surface area (TPSA) is 44.4 Å². The molecule has 1 aromatic carbocycles. The van der Waals surface area contributed by atoms with Gasteiger partial charge in [-0.25, -0.2) is 0 Å². The SMILES string of the molecule is CN(C)CCNC(=O)C1CCc2ccccc2N1. The van der Waals surface area contributed by atoms with E-state index in [0.29, 0.717) is 6.54 Å². The van der Waals surface area contributed by atoms with Crippen molar-refractivity contribution in [3.05, 3.63) is 29.8 Å². The van der Waals surface area contributed by atoms with Crippen molar-refractivity contribution in [2.45, 2.75) is 18.9 Å². The summed E-state index contributed by atoms with van der Waals surface area (Å²) in [6.45, 7) is 1.57. The van der Waals surface area contributed by atoms with E-state index in [1.165, 1.54) is 5.56 Å². The fraction of sp³-hybridized carbons (Fsp3) is 0.500. The van der Waals surface area contributed by atoms with Crippen LogP contribution in [0.15, 0.2) is 24.3 Å². The van der Waals surface area contributed by atoms with E-state index in [2.05, 4.69) is 21.6 Å². The average molecular weight is 247 g/mol. The molecule has 0 saturated carbocycles. The van der Waals surface area contributed by atoms with Crippen molar-refractivity contribution in [3.63, 3.8) is 0 Å². The Labute approximate surface area is 108 Å². The Morgan fingerprint density at radius 1 is 1.44 bits per heavy atom. The Kier molecular flexibility index (Phi) is 4.20. The van der Waals surface area contributed by atoms with Gasteiger partial charge in [0.05, 0.1) is 0 Å². The van der Waals surface area contributed by atoms with E-state index < -0.39 is 0 Å². The number of hydrogen-bond donors (Lipinski definition) is 2. The number of carbonyl (C=O) groups excluding carboxylic acids is 1. The molecule has 4 nitrogen and oxygen atoms in total. The van der Waals surface area contributed by atoms with Gasteiger partial charge in [0.15, 0.2) is 0 Å². The van der Waals surface area contributed by atoms with E-state index in [1.807, 2.05) is 32.3 Å². The van der Waals surface area contributed by atoms with Crippen LogP contribution in [0.4, 0.5) is 5.69 Å². The fourth-order valence-electron chi connectivity index (χ4n) is 2.16.